The summed E-state index contributed by atoms with van der Waals surface area (Å²) in [6.45, 7) is 0. The molecule has 2 N–H and O–H groups in total. The summed E-state index contributed by atoms with van der Waals surface area (Å²) >= 11 is 0. The first kappa shape index (κ1) is 19.7. The highest BCUT2D eigenvalue weighted by molar-refractivity contribution is 14.0. The summed E-state index contributed by atoms with van der Waals surface area (Å²) in [6.07, 6.45) is 3.78. The number of halogens is 1. The van der Waals surface area contributed by atoms with Crippen LogP contribution in [-0.2, 0) is 19.3 Å². The van der Waals surface area contributed by atoms with E-state index in [-0.39, 0.29) is 29.5 Å². The second-order valence-electron chi connectivity index (χ2n) is 6.67. The van der Waals surface area contributed by atoms with E-state index >= 15 is 0 Å². The lowest BCUT2D eigenvalue weighted by Crippen LogP contribution is -2.44. The number of benzene rings is 3. The van der Waals surface area contributed by atoms with E-state index in [2.05, 4.69) is 91.0 Å². The fourth-order valence-corrected chi connectivity index (χ4v) is 3.28. The molecule has 0 fully saturated rings. The van der Waals surface area contributed by atoms with Crippen molar-refractivity contribution in [2.24, 2.45) is 5.73 Å². The van der Waals surface area contributed by atoms with Crippen molar-refractivity contribution in [3.63, 3.8) is 0 Å². The molecule has 3 aromatic rings. The molecule has 0 heterocycles. The molecule has 0 atom stereocenters. The van der Waals surface area contributed by atoms with Crippen molar-refractivity contribution >= 4 is 24.0 Å². The van der Waals surface area contributed by atoms with E-state index < -0.39 is 0 Å². The van der Waals surface area contributed by atoms with Crippen molar-refractivity contribution in [3.05, 3.63) is 108 Å². The van der Waals surface area contributed by atoms with Crippen LogP contribution in [0.3, 0.4) is 0 Å². The van der Waals surface area contributed by atoms with E-state index in [9.17, 15) is 0 Å². The van der Waals surface area contributed by atoms with E-state index in [4.69, 9.17) is 5.73 Å². The summed E-state index contributed by atoms with van der Waals surface area (Å²) in [4.78, 5) is 0. The minimum absolute atomic E-state index is 0. The smallest absolute Gasteiger partial charge is 0.0239 e. The highest BCUT2D eigenvalue weighted by Crippen LogP contribution is 2.22. The molecule has 3 aromatic carbocycles. The normalized spacial score (nSPS) is 10.9. The van der Waals surface area contributed by atoms with Crippen LogP contribution in [0.2, 0.25) is 0 Å². The number of nitrogens with two attached hydrogens (primary N) is 1. The molecule has 0 radical (unpaired) electrons. The van der Waals surface area contributed by atoms with Crippen LogP contribution in [0.4, 0.5) is 0 Å². The van der Waals surface area contributed by atoms with Crippen LogP contribution >= 0.6 is 24.0 Å². The Labute approximate surface area is 168 Å². The molecule has 2 heteroatoms. The summed E-state index contributed by atoms with van der Waals surface area (Å²) in [5.74, 6) is 0. The summed E-state index contributed by atoms with van der Waals surface area (Å²) in [5.41, 5.74) is 10.6. The molecule has 0 unspecified atom stereocenters. The summed E-state index contributed by atoms with van der Waals surface area (Å²) in [6, 6.07) is 31.8. The first-order valence-electron chi connectivity index (χ1n) is 8.64. The second kappa shape index (κ2) is 9.73. The zero-order chi connectivity index (χ0) is 16.7. The van der Waals surface area contributed by atoms with E-state index in [1.807, 2.05) is 0 Å². The largest absolute Gasteiger partial charge is 0.324 e. The van der Waals surface area contributed by atoms with Gasteiger partial charge in [-0.25, -0.2) is 0 Å². The van der Waals surface area contributed by atoms with Crippen LogP contribution < -0.4 is 5.73 Å². The van der Waals surface area contributed by atoms with Crippen molar-refractivity contribution in [1.29, 1.82) is 0 Å². The standard InChI is InChI=1S/C23H25N.HI/c24-23(18-21-12-6-2-7-13-21,19-22-14-8-3-9-15-22)17-16-20-10-4-1-5-11-20;/h1-15H,16-19,24H2;1H. The monoisotopic (exact) mass is 443 g/mol. The van der Waals surface area contributed by atoms with Gasteiger partial charge in [0.1, 0.15) is 0 Å². The van der Waals surface area contributed by atoms with Gasteiger partial charge in [0.05, 0.1) is 0 Å². The second-order valence-corrected chi connectivity index (χ2v) is 6.67. The Hall–Kier alpha value is -1.65. The molecular formula is C23H26IN. The van der Waals surface area contributed by atoms with Gasteiger partial charge >= 0.3 is 0 Å². The highest BCUT2D eigenvalue weighted by Gasteiger charge is 2.25. The van der Waals surface area contributed by atoms with Crippen LogP contribution in [0.15, 0.2) is 91.0 Å². The Morgan fingerprint density at radius 2 is 0.920 bits per heavy atom. The quantitative estimate of drug-likeness (QED) is 0.485. The van der Waals surface area contributed by atoms with Gasteiger partial charge < -0.3 is 5.73 Å². The SMILES string of the molecule is I.NC(CCc1ccccc1)(Cc1ccccc1)Cc1ccccc1. The number of aryl methyl sites for hydroxylation is 1. The molecule has 0 aliphatic carbocycles. The predicted molar refractivity (Wildman–Crippen MR) is 117 cm³/mol. The van der Waals surface area contributed by atoms with Crippen LogP contribution in [-0.4, -0.2) is 5.54 Å². The molecule has 0 spiro atoms. The lowest BCUT2D eigenvalue weighted by molar-refractivity contribution is 0.387. The zero-order valence-corrected chi connectivity index (χ0v) is 16.8. The van der Waals surface area contributed by atoms with E-state index in [1.165, 1.54) is 16.7 Å². The molecule has 25 heavy (non-hydrogen) atoms. The van der Waals surface area contributed by atoms with E-state index in [0.717, 1.165) is 25.7 Å². The maximum Gasteiger partial charge on any atom is 0.0239 e. The molecule has 0 aromatic heterocycles. The minimum atomic E-state index is -0.238. The Morgan fingerprint density at radius 1 is 0.560 bits per heavy atom. The lowest BCUT2D eigenvalue weighted by Gasteiger charge is -2.30. The third-order valence-corrected chi connectivity index (χ3v) is 4.55. The zero-order valence-electron chi connectivity index (χ0n) is 14.5. The third-order valence-electron chi connectivity index (χ3n) is 4.55. The van der Waals surface area contributed by atoms with Crippen molar-refractivity contribution in [2.45, 2.75) is 31.2 Å². The first-order chi connectivity index (χ1) is 11.7. The molecule has 0 saturated heterocycles. The molecule has 0 aliphatic rings. The third kappa shape index (κ3) is 6.29. The van der Waals surface area contributed by atoms with Gasteiger partial charge in [0, 0.05) is 5.54 Å². The summed E-state index contributed by atoms with van der Waals surface area (Å²) < 4.78 is 0. The average molecular weight is 443 g/mol. The van der Waals surface area contributed by atoms with Crippen LogP contribution in [0, 0.1) is 0 Å². The average Bonchev–Trinajstić information content (AvgIpc) is 2.63. The number of rotatable bonds is 7. The van der Waals surface area contributed by atoms with Crippen molar-refractivity contribution in [3.8, 4) is 0 Å². The lowest BCUT2D eigenvalue weighted by atomic mass is 9.81. The Morgan fingerprint density at radius 3 is 1.32 bits per heavy atom. The van der Waals surface area contributed by atoms with Crippen LogP contribution in [0.1, 0.15) is 23.1 Å². The first-order valence-corrected chi connectivity index (χ1v) is 8.64. The summed E-state index contributed by atoms with van der Waals surface area (Å²) in [7, 11) is 0. The molecule has 0 amide bonds. The number of hydrogen-bond donors (Lipinski definition) is 1. The fraction of sp³-hybridized carbons (Fsp3) is 0.217. The van der Waals surface area contributed by atoms with Crippen molar-refractivity contribution in [1.82, 2.24) is 0 Å². The highest BCUT2D eigenvalue weighted by atomic mass is 127. The predicted octanol–water partition coefficient (Wildman–Crippen LogP) is 5.42. The van der Waals surface area contributed by atoms with Gasteiger partial charge in [0.2, 0.25) is 0 Å². The maximum atomic E-state index is 6.91. The topological polar surface area (TPSA) is 26.0 Å². The van der Waals surface area contributed by atoms with E-state index in [0.29, 0.717) is 0 Å². The van der Waals surface area contributed by atoms with Crippen molar-refractivity contribution < 1.29 is 0 Å². The molecule has 0 bridgehead atoms. The molecule has 0 aliphatic heterocycles. The van der Waals surface area contributed by atoms with E-state index in [1.54, 1.807) is 0 Å². The van der Waals surface area contributed by atoms with Gasteiger partial charge in [-0.3, -0.25) is 0 Å². The number of hydrogen-bond acceptors (Lipinski definition) is 1. The van der Waals surface area contributed by atoms with Crippen molar-refractivity contribution in [2.75, 3.05) is 0 Å². The molecule has 3 rings (SSSR count). The van der Waals surface area contributed by atoms with Gasteiger partial charge in [0.15, 0.2) is 0 Å². The van der Waals surface area contributed by atoms with Gasteiger partial charge in [-0.05, 0) is 42.4 Å². The van der Waals surface area contributed by atoms with Gasteiger partial charge in [-0.15, -0.1) is 24.0 Å². The van der Waals surface area contributed by atoms with Crippen LogP contribution in [0.25, 0.3) is 0 Å². The fourth-order valence-electron chi connectivity index (χ4n) is 3.28. The molecule has 130 valence electrons. The van der Waals surface area contributed by atoms with Gasteiger partial charge in [0.25, 0.3) is 0 Å². The minimum Gasteiger partial charge on any atom is -0.324 e. The summed E-state index contributed by atoms with van der Waals surface area (Å²) in [5, 5.41) is 0. The van der Waals surface area contributed by atoms with Crippen LogP contribution in [0.5, 0.6) is 0 Å². The Balaban J connectivity index is 0.00000225. The molecule has 1 nitrogen and oxygen atoms in total. The Kier molecular flexibility index (Phi) is 7.66. The maximum absolute atomic E-state index is 6.91. The van der Waals surface area contributed by atoms with Gasteiger partial charge in [-0.1, -0.05) is 91.0 Å². The Bertz CT molecular complexity index is 684. The molecular weight excluding hydrogens is 417 g/mol. The molecule has 0 saturated carbocycles. The van der Waals surface area contributed by atoms with Gasteiger partial charge in [-0.2, -0.15) is 0 Å².